The normalized spacial score (nSPS) is 10.8. The van der Waals surface area contributed by atoms with Gasteiger partial charge in [0.15, 0.2) is 0 Å². The minimum Gasteiger partial charge on any atom is -0.867 e. The van der Waals surface area contributed by atoms with Crippen LogP contribution in [0.3, 0.4) is 0 Å². The number of esters is 1. The van der Waals surface area contributed by atoms with Crippen LogP contribution in [0.5, 0.6) is 0 Å². The fourth-order valence-corrected chi connectivity index (χ4v) is 0.353. The number of rotatable bonds is 3. The molecule has 5 nitrogen and oxygen atoms in total. The van der Waals surface area contributed by atoms with Gasteiger partial charge in [0.2, 0.25) is 0 Å². The Hall–Kier alpha value is -1.52. The third-order valence-corrected chi connectivity index (χ3v) is 0.746. The van der Waals surface area contributed by atoms with Crippen molar-refractivity contribution in [1.82, 2.24) is 0 Å². The van der Waals surface area contributed by atoms with Crippen molar-refractivity contribution in [3.8, 4) is 0 Å². The van der Waals surface area contributed by atoms with Crippen LogP contribution < -0.4 is 5.11 Å². The molecule has 0 aliphatic heterocycles. The summed E-state index contributed by atoms with van der Waals surface area (Å²) >= 11 is 0. The van der Waals surface area contributed by atoms with Crippen LogP contribution in [-0.2, 0) is 14.3 Å². The quantitative estimate of drug-likeness (QED) is 0.320. The van der Waals surface area contributed by atoms with Crippen molar-refractivity contribution in [2.45, 2.75) is 6.92 Å². The molecule has 0 fully saturated rings. The highest BCUT2D eigenvalue weighted by Crippen LogP contribution is 1.86. The van der Waals surface area contributed by atoms with E-state index in [1.807, 2.05) is 0 Å². The molecule has 1 N–H and O–H groups in total. The Morgan fingerprint density at radius 3 is 2.55 bits per heavy atom. The number of aliphatic carboxylic acids is 1. The van der Waals surface area contributed by atoms with E-state index in [2.05, 4.69) is 4.74 Å². The molecular weight excluding hydrogens is 152 g/mol. The van der Waals surface area contributed by atoms with Gasteiger partial charge in [-0.05, 0) is 12.7 Å². The van der Waals surface area contributed by atoms with Gasteiger partial charge in [0.25, 0.3) is 0 Å². The first-order valence-corrected chi connectivity index (χ1v) is 2.86. The minimum absolute atomic E-state index is 0.113. The highest BCUT2D eigenvalue weighted by molar-refractivity contribution is 5.92. The van der Waals surface area contributed by atoms with Crippen molar-refractivity contribution in [3.63, 3.8) is 0 Å². The Morgan fingerprint density at radius 1 is 1.64 bits per heavy atom. The van der Waals surface area contributed by atoms with Crippen LogP contribution in [0.2, 0.25) is 0 Å². The lowest BCUT2D eigenvalue weighted by molar-refractivity contribution is -0.302. The maximum Gasteiger partial charge on any atom is 0.330 e. The van der Waals surface area contributed by atoms with E-state index in [1.165, 1.54) is 0 Å². The molecule has 0 saturated carbocycles. The summed E-state index contributed by atoms with van der Waals surface area (Å²) in [4.78, 5) is 20.2. The fraction of sp³-hybridized carbons (Fsp3) is 0.333. The average Bonchev–Trinajstić information content (AvgIpc) is 1.87. The maximum atomic E-state index is 10.4. The number of ether oxygens (including phenoxy) is 1. The highest BCUT2D eigenvalue weighted by Gasteiger charge is 1.98. The molecule has 0 heterocycles. The molecule has 0 aromatic rings. The van der Waals surface area contributed by atoms with Crippen LogP contribution in [0.4, 0.5) is 0 Å². The summed E-state index contributed by atoms with van der Waals surface area (Å²) in [7, 11) is 0. The van der Waals surface area contributed by atoms with Crippen molar-refractivity contribution >= 4 is 11.9 Å². The molecule has 0 bridgehead atoms. The smallest absolute Gasteiger partial charge is 0.330 e. The zero-order valence-corrected chi connectivity index (χ0v) is 5.86. The predicted molar refractivity (Wildman–Crippen MR) is 32.4 cm³/mol. The average molecular weight is 159 g/mol. The first kappa shape index (κ1) is 9.48. The summed E-state index contributed by atoms with van der Waals surface area (Å²) in [6.45, 7) is 1.67. The molecule has 5 heteroatoms. The van der Waals surface area contributed by atoms with Gasteiger partial charge in [-0.15, -0.1) is 0 Å². The Bertz CT molecular complexity index is 193. The Kier molecular flexibility index (Phi) is 3.72. The molecule has 0 aliphatic carbocycles. The molecule has 0 radical (unpaired) electrons. The van der Waals surface area contributed by atoms with Crippen LogP contribution in [0.15, 0.2) is 11.8 Å². The second-order valence-corrected chi connectivity index (χ2v) is 1.57. The molecule has 0 spiro atoms. The standard InChI is InChI=1S/C6H8O5/c1-2-11-5(8)3-4(7)6(9)10/h3,7H,2H2,1H3,(H,9,10)/p-1. The molecule has 0 unspecified atom stereocenters. The van der Waals surface area contributed by atoms with Crippen molar-refractivity contribution in [2.24, 2.45) is 0 Å². The summed E-state index contributed by atoms with van der Waals surface area (Å²) < 4.78 is 4.28. The lowest BCUT2D eigenvalue weighted by atomic mass is 10.4. The van der Waals surface area contributed by atoms with Gasteiger partial charge < -0.3 is 14.9 Å². The molecule has 62 valence electrons. The van der Waals surface area contributed by atoms with E-state index < -0.39 is 17.7 Å². The van der Waals surface area contributed by atoms with E-state index >= 15 is 0 Å². The Balaban J connectivity index is 4.08. The zero-order valence-electron chi connectivity index (χ0n) is 5.86. The second kappa shape index (κ2) is 4.32. The lowest BCUT2D eigenvalue weighted by Gasteiger charge is -2.03. The van der Waals surface area contributed by atoms with Gasteiger partial charge in [0, 0.05) is 6.08 Å². The van der Waals surface area contributed by atoms with E-state index in [9.17, 15) is 14.7 Å². The van der Waals surface area contributed by atoms with E-state index in [1.54, 1.807) is 6.92 Å². The van der Waals surface area contributed by atoms with Crippen molar-refractivity contribution in [1.29, 1.82) is 0 Å². The largest absolute Gasteiger partial charge is 0.867 e. The second-order valence-electron chi connectivity index (χ2n) is 1.57. The number of carboxylic acid groups (broad SMARTS) is 1. The van der Waals surface area contributed by atoms with Crippen molar-refractivity contribution in [2.75, 3.05) is 6.61 Å². The van der Waals surface area contributed by atoms with Gasteiger partial charge in [-0.25, -0.2) is 9.59 Å². The van der Waals surface area contributed by atoms with Crippen molar-refractivity contribution in [3.05, 3.63) is 11.8 Å². The number of carboxylic acids is 1. The number of hydrogen-bond donors (Lipinski definition) is 1. The van der Waals surface area contributed by atoms with Gasteiger partial charge in [0.1, 0.15) is 0 Å². The van der Waals surface area contributed by atoms with Crippen LogP contribution in [0.25, 0.3) is 0 Å². The van der Waals surface area contributed by atoms with Gasteiger partial charge >= 0.3 is 11.9 Å². The molecule has 0 saturated heterocycles. The molecule has 0 amide bonds. The minimum atomic E-state index is -1.67. The van der Waals surface area contributed by atoms with Crippen molar-refractivity contribution < 1.29 is 24.5 Å². The van der Waals surface area contributed by atoms with E-state index in [4.69, 9.17) is 5.11 Å². The summed E-state index contributed by atoms with van der Waals surface area (Å²) in [5.41, 5.74) is 0. The lowest BCUT2D eigenvalue weighted by Crippen LogP contribution is -2.17. The number of carbonyl (C=O) groups is 2. The summed E-state index contributed by atoms with van der Waals surface area (Å²) in [5, 5.41) is 18.3. The van der Waals surface area contributed by atoms with Crippen LogP contribution >= 0.6 is 0 Å². The maximum absolute atomic E-state index is 10.4. The van der Waals surface area contributed by atoms with Gasteiger partial charge in [0.05, 0.1) is 6.61 Å². The van der Waals surface area contributed by atoms with Crippen LogP contribution in [-0.4, -0.2) is 23.7 Å². The predicted octanol–water partition coefficient (Wildman–Crippen LogP) is -1.12. The summed E-state index contributed by atoms with van der Waals surface area (Å²) in [6.07, 6.45) is 0.395. The topological polar surface area (TPSA) is 86.7 Å². The molecule has 0 rings (SSSR count). The van der Waals surface area contributed by atoms with Gasteiger partial charge in [-0.3, -0.25) is 0 Å². The SMILES string of the molecule is CCOC(=O)C=C([O-])C(=O)O. The number of carbonyl (C=O) groups excluding carboxylic acids is 1. The first-order valence-electron chi connectivity index (χ1n) is 2.86. The Morgan fingerprint density at radius 2 is 2.18 bits per heavy atom. The molecular formula is C6H7O5-. The third kappa shape index (κ3) is 3.96. The molecule has 0 aliphatic rings. The molecule has 0 aromatic heterocycles. The summed E-state index contributed by atoms with van der Waals surface area (Å²) in [6, 6.07) is 0. The first-order chi connectivity index (χ1) is 5.07. The monoisotopic (exact) mass is 159 g/mol. The van der Waals surface area contributed by atoms with E-state index in [0.717, 1.165) is 0 Å². The van der Waals surface area contributed by atoms with E-state index in [0.29, 0.717) is 6.08 Å². The van der Waals surface area contributed by atoms with Gasteiger partial charge in [-0.2, -0.15) is 0 Å². The summed E-state index contributed by atoms with van der Waals surface area (Å²) in [5.74, 6) is -3.87. The zero-order chi connectivity index (χ0) is 8.85. The molecule has 11 heavy (non-hydrogen) atoms. The van der Waals surface area contributed by atoms with Crippen LogP contribution in [0.1, 0.15) is 6.92 Å². The highest BCUT2D eigenvalue weighted by atomic mass is 16.5. The molecule has 0 aromatic carbocycles. The van der Waals surface area contributed by atoms with Crippen LogP contribution in [0, 0.1) is 0 Å². The van der Waals surface area contributed by atoms with Gasteiger partial charge in [-0.1, -0.05) is 0 Å². The Labute approximate surface area is 62.9 Å². The third-order valence-electron chi connectivity index (χ3n) is 0.746. The van der Waals surface area contributed by atoms with E-state index in [-0.39, 0.29) is 6.61 Å². The number of hydrogen-bond acceptors (Lipinski definition) is 4. The molecule has 0 atom stereocenters. The fourth-order valence-electron chi connectivity index (χ4n) is 0.353.